The number of hydrogen-bond donors (Lipinski definition) is 1. The van der Waals surface area contributed by atoms with E-state index in [-0.39, 0.29) is 6.04 Å². The van der Waals surface area contributed by atoms with Crippen LogP contribution in [0.15, 0.2) is 18.2 Å². The van der Waals surface area contributed by atoms with Gasteiger partial charge in [0, 0.05) is 24.8 Å². The van der Waals surface area contributed by atoms with Crippen molar-refractivity contribution in [2.75, 3.05) is 24.5 Å². The number of hydrogen-bond acceptors (Lipinski definition) is 2. The molecule has 1 saturated heterocycles. The molecule has 0 aromatic heterocycles. The van der Waals surface area contributed by atoms with Crippen LogP contribution in [-0.2, 0) is 6.18 Å². The fraction of sp³-hybridized carbons (Fsp3) is 0.571. The van der Waals surface area contributed by atoms with Crippen LogP contribution in [0.2, 0.25) is 0 Å². The summed E-state index contributed by atoms with van der Waals surface area (Å²) in [6.45, 7) is 4.20. The molecular formula is C14H18F4N2. The summed E-state index contributed by atoms with van der Waals surface area (Å²) < 4.78 is 51.5. The predicted molar refractivity (Wildman–Crippen MR) is 70.3 cm³/mol. The summed E-state index contributed by atoms with van der Waals surface area (Å²) in [4.78, 5) is 1.89. The van der Waals surface area contributed by atoms with E-state index in [0.29, 0.717) is 18.8 Å². The van der Waals surface area contributed by atoms with E-state index >= 15 is 0 Å². The van der Waals surface area contributed by atoms with Crippen LogP contribution in [0, 0.1) is 5.82 Å². The monoisotopic (exact) mass is 290 g/mol. The Morgan fingerprint density at radius 3 is 2.75 bits per heavy atom. The van der Waals surface area contributed by atoms with Gasteiger partial charge in [-0.2, -0.15) is 13.2 Å². The van der Waals surface area contributed by atoms with Gasteiger partial charge in [0.1, 0.15) is 5.82 Å². The molecule has 0 spiro atoms. The van der Waals surface area contributed by atoms with Crippen molar-refractivity contribution in [2.24, 2.45) is 0 Å². The van der Waals surface area contributed by atoms with Crippen LogP contribution in [0.25, 0.3) is 0 Å². The van der Waals surface area contributed by atoms with Gasteiger partial charge >= 0.3 is 6.18 Å². The molecule has 20 heavy (non-hydrogen) atoms. The topological polar surface area (TPSA) is 15.3 Å². The minimum absolute atomic E-state index is 0.247. The first-order valence-electron chi connectivity index (χ1n) is 6.77. The second-order valence-corrected chi connectivity index (χ2v) is 5.02. The van der Waals surface area contributed by atoms with Crippen molar-refractivity contribution in [3.8, 4) is 0 Å². The maximum absolute atomic E-state index is 13.3. The van der Waals surface area contributed by atoms with Crippen molar-refractivity contribution >= 4 is 5.69 Å². The summed E-state index contributed by atoms with van der Waals surface area (Å²) in [5.41, 5.74) is -0.763. The third-order valence-electron chi connectivity index (χ3n) is 3.59. The van der Waals surface area contributed by atoms with Crippen LogP contribution in [0.3, 0.4) is 0 Å². The molecule has 0 bridgehead atoms. The van der Waals surface area contributed by atoms with Gasteiger partial charge in [-0.15, -0.1) is 0 Å². The Balaban J connectivity index is 2.27. The van der Waals surface area contributed by atoms with Gasteiger partial charge in [0.2, 0.25) is 0 Å². The Morgan fingerprint density at radius 2 is 2.10 bits per heavy atom. The Morgan fingerprint density at radius 1 is 1.35 bits per heavy atom. The van der Waals surface area contributed by atoms with E-state index in [9.17, 15) is 17.6 Å². The predicted octanol–water partition coefficient (Wildman–Crippen LogP) is 3.42. The van der Waals surface area contributed by atoms with Crippen molar-refractivity contribution in [3.05, 3.63) is 29.6 Å². The Kier molecular flexibility index (Phi) is 4.52. The average molecular weight is 290 g/mol. The quantitative estimate of drug-likeness (QED) is 0.840. The number of anilines is 1. The normalized spacial score (nSPS) is 20.9. The lowest BCUT2D eigenvalue weighted by molar-refractivity contribution is -0.139. The second-order valence-electron chi connectivity index (χ2n) is 5.02. The van der Waals surface area contributed by atoms with Gasteiger partial charge < -0.3 is 10.2 Å². The van der Waals surface area contributed by atoms with E-state index in [4.69, 9.17) is 0 Å². The summed E-state index contributed by atoms with van der Waals surface area (Å²) in [5, 5.41) is 3.35. The molecule has 1 aliphatic rings. The molecule has 2 rings (SSSR count). The molecular weight excluding hydrogens is 272 g/mol. The van der Waals surface area contributed by atoms with Gasteiger partial charge in [0.05, 0.1) is 5.56 Å². The first-order valence-corrected chi connectivity index (χ1v) is 6.77. The highest BCUT2D eigenvalue weighted by Crippen LogP contribution is 2.34. The highest BCUT2D eigenvalue weighted by atomic mass is 19.4. The minimum Gasteiger partial charge on any atom is -0.370 e. The van der Waals surface area contributed by atoms with Crippen molar-refractivity contribution < 1.29 is 17.6 Å². The molecule has 1 aromatic carbocycles. The van der Waals surface area contributed by atoms with Crippen LogP contribution in [0.4, 0.5) is 23.2 Å². The fourth-order valence-electron chi connectivity index (χ4n) is 2.43. The van der Waals surface area contributed by atoms with E-state index in [1.807, 2.05) is 11.8 Å². The highest BCUT2D eigenvalue weighted by molar-refractivity contribution is 5.50. The van der Waals surface area contributed by atoms with Crippen LogP contribution in [-0.4, -0.2) is 25.7 Å². The van der Waals surface area contributed by atoms with Gasteiger partial charge in [-0.1, -0.05) is 6.92 Å². The van der Waals surface area contributed by atoms with Crippen molar-refractivity contribution in [1.82, 2.24) is 5.32 Å². The number of alkyl halides is 3. The lowest BCUT2D eigenvalue weighted by atomic mass is 10.1. The maximum atomic E-state index is 13.3. The SMILES string of the molecule is CCC1CN(c2ccc(F)c(C(F)(F)F)c2)CCCN1. The van der Waals surface area contributed by atoms with Gasteiger partial charge in [-0.3, -0.25) is 0 Å². The molecule has 0 aliphatic carbocycles. The van der Waals surface area contributed by atoms with E-state index in [2.05, 4.69) is 5.32 Å². The molecule has 0 saturated carbocycles. The number of nitrogens with one attached hydrogen (secondary N) is 1. The Labute approximate surface area is 115 Å². The van der Waals surface area contributed by atoms with Crippen molar-refractivity contribution in [1.29, 1.82) is 0 Å². The van der Waals surface area contributed by atoms with Gasteiger partial charge in [0.15, 0.2) is 0 Å². The zero-order valence-corrected chi connectivity index (χ0v) is 11.3. The van der Waals surface area contributed by atoms with Crippen molar-refractivity contribution in [2.45, 2.75) is 32.0 Å². The maximum Gasteiger partial charge on any atom is 0.419 e. The van der Waals surface area contributed by atoms with E-state index in [1.165, 1.54) is 6.07 Å². The average Bonchev–Trinajstić information content (AvgIpc) is 2.63. The van der Waals surface area contributed by atoms with Crippen LogP contribution >= 0.6 is 0 Å². The third-order valence-corrected chi connectivity index (χ3v) is 3.59. The number of nitrogens with zero attached hydrogens (tertiary/aromatic N) is 1. The molecule has 1 heterocycles. The summed E-state index contributed by atoms with van der Waals surface area (Å²) >= 11 is 0. The molecule has 2 nitrogen and oxygen atoms in total. The summed E-state index contributed by atoms with van der Waals surface area (Å²) in [6.07, 6.45) is -2.90. The molecule has 1 N–H and O–H groups in total. The smallest absolute Gasteiger partial charge is 0.370 e. The standard InChI is InChI=1S/C14H18F4N2/c1-2-10-9-20(7-3-6-19-10)11-4-5-13(15)12(8-11)14(16,17)18/h4-5,8,10,19H,2-3,6-7,9H2,1H3. The van der Waals surface area contributed by atoms with Crippen LogP contribution in [0.5, 0.6) is 0 Å². The van der Waals surface area contributed by atoms with E-state index in [0.717, 1.165) is 31.5 Å². The molecule has 6 heteroatoms. The third kappa shape index (κ3) is 3.42. The van der Waals surface area contributed by atoms with E-state index < -0.39 is 17.6 Å². The first-order chi connectivity index (χ1) is 9.41. The second kappa shape index (κ2) is 5.99. The lowest BCUT2D eigenvalue weighted by Crippen LogP contribution is -2.37. The summed E-state index contributed by atoms with van der Waals surface area (Å²) in [7, 11) is 0. The molecule has 1 unspecified atom stereocenters. The molecule has 1 aliphatic heterocycles. The Bertz CT molecular complexity index is 459. The summed E-state index contributed by atoms with van der Waals surface area (Å²) in [6, 6.07) is 3.48. The Hall–Kier alpha value is -1.30. The zero-order chi connectivity index (χ0) is 14.8. The van der Waals surface area contributed by atoms with Crippen molar-refractivity contribution in [3.63, 3.8) is 0 Å². The fourth-order valence-corrected chi connectivity index (χ4v) is 2.43. The van der Waals surface area contributed by atoms with E-state index in [1.54, 1.807) is 0 Å². The highest BCUT2D eigenvalue weighted by Gasteiger charge is 2.34. The molecule has 1 fully saturated rings. The molecule has 0 amide bonds. The molecule has 0 radical (unpaired) electrons. The van der Waals surface area contributed by atoms with Crippen LogP contribution < -0.4 is 10.2 Å². The number of rotatable bonds is 2. The summed E-state index contributed by atoms with van der Waals surface area (Å²) in [5.74, 6) is -1.22. The van der Waals surface area contributed by atoms with Gasteiger partial charge in [-0.25, -0.2) is 4.39 Å². The zero-order valence-electron chi connectivity index (χ0n) is 11.3. The molecule has 1 atom stereocenters. The lowest BCUT2D eigenvalue weighted by Gasteiger charge is -2.26. The van der Waals surface area contributed by atoms with Gasteiger partial charge in [0.25, 0.3) is 0 Å². The molecule has 1 aromatic rings. The number of halogens is 4. The first kappa shape index (κ1) is 15.1. The largest absolute Gasteiger partial charge is 0.419 e. The molecule has 112 valence electrons. The van der Waals surface area contributed by atoms with Gasteiger partial charge in [-0.05, 0) is 37.6 Å². The number of benzene rings is 1. The van der Waals surface area contributed by atoms with Crippen LogP contribution in [0.1, 0.15) is 25.3 Å². The minimum atomic E-state index is -4.66.